The van der Waals surface area contributed by atoms with E-state index < -0.39 is 32.5 Å². The van der Waals surface area contributed by atoms with E-state index in [1.807, 2.05) is 21.1 Å². The number of nitrogens with zero attached hydrogens (tertiary/aromatic N) is 1. The monoisotopic (exact) mass is 1090 g/mol. The van der Waals surface area contributed by atoms with E-state index in [-0.39, 0.29) is 26.1 Å². The summed E-state index contributed by atoms with van der Waals surface area (Å²) in [5.41, 5.74) is 0. The van der Waals surface area contributed by atoms with Crippen LogP contribution in [0.3, 0.4) is 0 Å². The molecule has 2 unspecified atom stereocenters. The van der Waals surface area contributed by atoms with Gasteiger partial charge in [0.05, 0.1) is 27.7 Å². The average Bonchev–Trinajstić information content (AvgIpc) is 3.39. The fourth-order valence-corrected chi connectivity index (χ4v) is 8.97. The molecule has 0 fully saturated rings. The number of carbonyl (C=O) groups is 2. The Morgan fingerprint density at radius 1 is 0.416 bits per heavy atom. The van der Waals surface area contributed by atoms with Crippen LogP contribution in [0.2, 0.25) is 0 Å². The highest BCUT2D eigenvalue weighted by Crippen LogP contribution is 2.38. The molecule has 0 rings (SSSR count). The van der Waals surface area contributed by atoms with Gasteiger partial charge in [-0.25, -0.2) is 0 Å². The van der Waals surface area contributed by atoms with Crippen LogP contribution < -0.4 is 4.89 Å². The summed E-state index contributed by atoms with van der Waals surface area (Å²) in [5, 5.41) is 0. The first kappa shape index (κ1) is 73.7. The summed E-state index contributed by atoms with van der Waals surface area (Å²) >= 11 is 0. The van der Waals surface area contributed by atoms with Crippen molar-refractivity contribution in [2.75, 3.05) is 47.5 Å². The fraction of sp³-hybridized carbons (Fsp3) is 0.701. The van der Waals surface area contributed by atoms with Crippen molar-refractivity contribution in [1.29, 1.82) is 0 Å². The molecule has 0 aliphatic rings. The van der Waals surface area contributed by atoms with Crippen LogP contribution in [0, 0.1) is 0 Å². The largest absolute Gasteiger partial charge is 0.756 e. The van der Waals surface area contributed by atoms with Gasteiger partial charge in [0.1, 0.15) is 19.8 Å². The smallest absolute Gasteiger partial charge is 0.306 e. The number of esters is 2. The van der Waals surface area contributed by atoms with Crippen molar-refractivity contribution in [3.63, 3.8) is 0 Å². The molecule has 0 saturated heterocycles. The predicted octanol–water partition coefficient (Wildman–Crippen LogP) is 19.1. The quantitative estimate of drug-likeness (QED) is 0.0195. The first-order valence-corrected chi connectivity index (χ1v) is 32.6. The number of rotatable bonds is 56. The van der Waals surface area contributed by atoms with Gasteiger partial charge in [0.25, 0.3) is 7.82 Å². The second kappa shape index (κ2) is 57.4. The lowest BCUT2D eigenvalue weighted by Crippen LogP contribution is -2.37. The lowest BCUT2D eigenvalue weighted by atomic mass is 10.0. The number of carbonyl (C=O) groups excluding carboxylic acids is 2. The van der Waals surface area contributed by atoms with Gasteiger partial charge in [0.15, 0.2) is 6.10 Å². The van der Waals surface area contributed by atoms with Crippen molar-refractivity contribution in [3.05, 3.63) is 109 Å². The molecule has 0 spiro atoms. The third-order valence-electron chi connectivity index (χ3n) is 13.0. The van der Waals surface area contributed by atoms with Gasteiger partial charge < -0.3 is 27.9 Å². The van der Waals surface area contributed by atoms with Crippen LogP contribution in [0.25, 0.3) is 0 Å². The molecule has 0 N–H and O–H groups in total. The molecule has 0 aromatic carbocycles. The number of hydrogen-bond donors (Lipinski definition) is 0. The minimum Gasteiger partial charge on any atom is -0.756 e. The first-order chi connectivity index (χ1) is 37.5. The van der Waals surface area contributed by atoms with Crippen molar-refractivity contribution >= 4 is 19.8 Å². The maximum absolute atomic E-state index is 12.8. The molecule has 9 nitrogen and oxygen atoms in total. The number of phosphoric ester groups is 1. The molecule has 0 saturated carbocycles. The Morgan fingerprint density at radius 3 is 1.10 bits per heavy atom. The Balaban J connectivity index is 3.99. The molecule has 0 bridgehead atoms. The second-order valence-corrected chi connectivity index (χ2v) is 23.1. The van der Waals surface area contributed by atoms with Crippen LogP contribution in [0.4, 0.5) is 0 Å². The van der Waals surface area contributed by atoms with E-state index in [9.17, 15) is 19.0 Å². The average molecular weight is 1090 g/mol. The summed E-state index contributed by atoms with van der Waals surface area (Å²) in [6, 6.07) is 0. The van der Waals surface area contributed by atoms with Gasteiger partial charge in [0.2, 0.25) is 0 Å². The summed E-state index contributed by atoms with van der Waals surface area (Å²) in [6.07, 6.45) is 80.2. The van der Waals surface area contributed by atoms with Crippen LogP contribution in [-0.4, -0.2) is 70.0 Å². The lowest BCUT2D eigenvalue weighted by Gasteiger charge is -2.28. The number of quaternary nitrogens is 1. The standard InChI is InChI=1S/C67H116NO8P/c1-6-8-10-12-14-16-18-20-22-23-24-25-26-27-28-29-30-31-32-33-34-35-36-37-38-39-40-41-42-43-44-45-46-48-50-52-54-56-58-60-67(70)76-65(64-75-77(71,72)74-62-61-68(3,4)5)63-73-66(69)59-57-55-53-51-49-47-21-19-17-15-13-11-9-7-2/h8,10,13-16,19-22,24-25,27-28,30-31,33-34,65H,6-7,9,11-12,17-18,23,26,29,32,35-64H2,1-5H3/b10-8-,15-13-,16-14-,21-19-,22-20-,25-24-,28-27-,31-30-,34-33-. The number of phosphoric acid groups is 1. The number of likely N-dealkylation sites (N-methyl/N-ethyl adjacent to an activating group) is 1. The zero-order valence-electron chi connectivity index (χ0n) is 50.1. The third kappa shape index (κ3) is 61.7. The Hall–Kier alpha value is -3.33. The molecule has 2 atom stereocenters. The summed E-state index contributed by atoms with van der Waals surface area (Å²) in [4.78, 5) is 37.8. The number of ether oxygens (including phenoxy) is 2. The summed E-state index contributed by atoms with van der Waals surface area (Å²) in [5.74, 6) is -0.849. The predicted molar refractivity (Wildman–Crippen MR) is 328 cm³/mol. The van der Waals surface area contributed by atoms with E-state index in [2.05, 4.69) is 123 Å². The molecule has 77 heavy (non-hydrogen) atoms. The summed E-state index contributed by atoms with van der Waals surface area (Å²) in [6.45, 7) is 4.07. The molecular weight excluding hydrogens is 978 g/mol. The van der Waals surface area contributed by atoms with Crippen LogP contribution in [0.5, 0.6) is 0 Å². The van der Waals surface area contributed by atoms with E-state index in [4.69, 9.17) is 18.5 Å². The van der Waals surface area contributed by atoms with Gasteiger partial charge in [-0.05, 0) is 96.3 Å². The highest BCUT2D eigenvalue weighted by molar-refractivity contribution is 7.45. The van der Waals surface area contributed by atoms with Gasteiger partial charge >= 0.3 is 11.9 Å². The molecule has 0 amide bonds. The molecule has 442 valence electrons. The molecule has 0 aromatic heterocycles. The lowest BCUT2D eigenvalue weighted by molar-refractivity contribution is -0.870. The maximum atomic E-state index is 12.8. The van der Waals surface area contributed by atoms with Crippen molar-refractivity contribution in [2.24, 2.45) is 0 Å². The molecular formula is C67H116NO8P. The van der Waals surface area contributed by atoms with E-state index in [1.165, 1.54) is 103 Å². The second-order valence-electron chi connectivity index (χ2n) is 21.7. The van der Waals surface area contributed by atoms with Crippen LogP contribution in [0.1, 0.15) is 251 Å². The van der Waals surface area contributed by atoms with Gasteiger partial charge in [-0.15, -0.1) is 0 Å². The van der Waals surface area contributed by atoms with Crippen molar-refractivity contribution in [1.82, 2.24) is 0 Å². The molecule has 0 aliphatic carbocycles. The molecule has 0 heterocycles. The molecule has 0 radical (unpaired) electrons. The maximum Gasteiger partial charge on any atom is 0.306 e. The van der Waals surface area contributed by atoms with Gasteiger partial charge in [-0.2, -0.15) is 0 Å². The topological polar surface area (TPSA) is 111 Å². The summed E-state index contributed by atoms with van der Waals surface area (Å²) < 4.78 is 34.1. The van der Waals surface area contributed by atoms with Crippen LogP contribution in [0.15, 0.2) is 109 Å². The van der Waals surface area contributed by atoms with Crippen LogP contribution in [-0.2, 0) is 32.7 Å². The van der Waals surface area contributed by atoms with E-state index in [0.29, 0.717) is 23.9 Å². The zero-order valence-corrected chi connectivity index (χ0v) is 51.0. The molecule has 0 aromatic rings. The van der Waals surface area contributed by atoms with Gasteiger partial charge in [0, 0.05) is 12.8 Å². The summed E-state index contributed by atoms with van der Waals surface area (Å²) in [7, 11) is 1.15. The number of hydrogen-bond acceptors (Lipinski definition) is 8. The zero-order chi connectivity index (χ0) is 56.3. The Kier molecular flexibility index (Phi) is 54.9. The van der Waals surface area contributed by atoms with Crippen molar-refractivity contribution < 1.29 is 42.1 Å². The van der Waals surface area contributed by atoms with Gasteiger partial charge in [-0.3, -0.25) is 14.2 Å². The Labute approximate surface area is 474 Å². The van der Waals surface area contributed by atoms with Crippen molar-refractivity contribution in [3.8, 4) is 0 Å². The number of unbranched alkanes of at least 4 members (excludes halogenated alkanes) is 24. The fourth-order valence-electron chi connectivity index (χ4n) is 8.24. The highest BCUT2D eigenvalue weighted by Gasteiger charge is 2.22. The minimum absolute atomic E-state index is 0.0361. The molecule has 0 aliphatic heterocycles. The number of allylic oxidation sites excluding steroid dienone is 18. The first-order valence-electron chi connectivity index (χ1n) is 31.1. The SMILES string of the molecule is CC/C=C\C/C=C\C/C=C\C/C=C\C/C=C\C/C=C\C/C=C\CCCCCCCCCCCCCCCCCCCC(=O)OC(COC(=O)CCCCCCC/C=C\C/C=C\CCCC)COP(=O)([O-])OCC[N+](C)(C)C. The van der Waals surface area contributed by atoms with Gasteiger partial charge in [-0.1, -0.05) is 252 Å². The third-order valence-corrected chi connectivity index (χ3v) is 14.0. The van der Waals surface area contributed by atoms with Crippen LogP contribution >= 0.6 is 7.82 Å². The van der Waals surface area contributed by atoms with E-state index >= 15 is 0 Å². The molecule has 10 heteroatoms. The van der Waals surface area contributed by atoms with Crippen molar-refractivity contribution in [2.45, 2.75) is 258 Å². The Morgan fingerprint density at radius 2 is 0.740 bits per heavy atom. The minimum atomic E-state index is -4.64. The van der Waals surface area contributed by atoms with E-state index in [1.54, 1.807) is 0 Å². The Bertz CT molecular complexity index is 1670. The van der Waals surface area contributed by atoms with E-state index in [0.717, 1.165) is 109 Å². The highest BCUT2D eigenvalue weighted by atomic mass is 31.2. The normalized spacial score (nSPS) is 14.0.